The van der Waals surface area contributed by atoms with Crippen molar-refractivity contribution in [2.24, 2.45) is 17.4 Å². The second-order valence-electron chi connectivity index (χ2n) is 15.9. The van der Waals surface area contributed by atoms with Crippen LogP contribution in [0.5, 0.6) is 0 Å². The molecule has 0 saturated carbocycles. The highest BCUT2D eigenvalue weighted by atomic mass is 16.5. The van der Waals surface area contributed by atoms with E-state index in [1.165, 1.54) is 6.92 Å². The van der Waals surface area contributed by atoms with Gasteiger partial charge < -0.3 is 63.6 Å². The number of hydrogen-bond donors (Lipinski definition) is 13. The SMILES string of the molecule is CCCc1cn(CCOCCNC(=O)[C@H](Cc2ccccc2)NC(=O)C(CC(C)C)NC(O)[C@H](CC(O)NCCNCCN)NC(=O)[C@@H](CC(=O)NCCNCCN)NC(C)=O)nn1. The van der Waals surface area contributed by atoms with E-state index >= 15 is 0 Å². The monoisotopic (exact) mass is 905 g/mol. The van der Waals surface area contributed by atoms with Crippen LogP contribution in [0.4, 0.5) is 0 Å². The van der Waals surface area contributed by atoms with Crippen LogP contribution < -0.4 is 59.3 Å². The third-order valence-corrected chi connectivity index (χ3v) is 9.63. The summed E-state index contributed by atoms with van der Waals surface area (Å²) in [4.78, 5) is 66.5. The second-order valence-corrected chi connectivity index (χ2v) is 15.9. The molecule has 0 spiro atoms. The molecule has 0 saturated heterocycles. The number of aromatic nitrogens is 3. The van der Waals surface area contributed by atoms with Crippen molar-refractivity contribution in [1.82, 2.24) is 62.8 Å². The average molecular weight is 905 g/mol. The van der Waals surface area contributed by atoms with E-state index in [-0.39, 0.29) is 44.9 Å². The van der Waals surface area contributed by atoms with Gasteiger partial charge in [-0.15, -0.1) is 5.10 Å². The van der Waals surface area contributed by atoms with Gasteiger partial charge in [0.2, 0.25) is 29.5 Å². The number of ether oxygens (including phenoxy) is 1. The van der Waals surface area contributed by atoms with Gasteiger partial charge in [0, 0.05) is 84.9 Å². The predicted molar refractivity (Wildman–Crippen MR) is 242 cm³/mol. The van der Waals surface area contributed by atoms with Crippen molar-refractivity contribution in [2.45, 2.75) is 109 Å². The Morgan fingerprint density at radius 3 is 2.12 bits per heavy atom. The minimum absolute atomic E-state index is 0.0701. The van der Waals surface area contributed by atoms with Crippen LogP contribution in [0.3, 0.4) is 0 Å². The molecule has 0 aliphatic heterocycles. The van der Waals surface area contributed by atoms with E-state index in [2.05, 4.69) is 65.1 Å². The predicted octanol–water partition coefficient (Wildman–Crippen LogP) is -3.70. The van der Waals surface area contributed by atoms with E-state index in [4.69, 9.17) is 16.2 Å². The van der Waals surface area contributed by atoms with E-state index in [0.717, 1.165) is 24.1 Å². The first-order valence-electron chi connectivity index (χ1n) is 22.4. The first kappa shape index (κ1) is 55.5. The van der Waals surface area contributed by atoms with Gasteiger partial charge in [-0.1, -0.05) is 62.7 Å². The summed E-state index contributed by atoms with van der Waals surface area (Å²) in [6.07, 6.45) is 0.531. The number of carbonyl (C=O) groups excluding carboxylic acids is 5. The molecule has 5 amide bonds. The number of amides is 5. The molecule has 0 aliphatic carbocycles. The van der Waals surface area contributed by atoms with Gasteiger partial charge in [-0.05, 0) is 24.3 Å². The van der Waals surface area contributed by atoms with Crippen molar-refractivity contribution < 1.29 is 38.9 Å². The lowest BCUT2D eigenvalue weighted by atomic mass is 10.00. The van der Waals surface area contributed by atoms with E-state index in [1.54, 1.807) is 4.68 Å². The zero-order valence-electron chi connectivity index (χ0n) is 38.1. The Bertz CT molecular complexity index is 1620. The standard InChI is InChI=1S/C42H76N14O8/c1-5-9-32-28-56(55-54-32)21-23-64-22-20-49-39(60)34(25-31-10-7-6-8-11-31)52-40(61)33(24-29(2)3)51-42(63)36(27-38(59)48-19-17-46-15-13-44)53-41(62)35(50-30(4)57)26-37(58)47-18-16-45-14-12-43/h6-8,10-11,28-29,33-36,38,42,45-46,48,51,59,63H,5,9,12-27,43-44H2,1-4H3,(H,47,58)(H,49,60)(H,50,57)(H,52,61)(H,53,62)/t33?,34-,35+,36-,38?,42?/m0/s1. The summed E-state index contributed by atoms with van der Waals surface area (Å²) in [6, 6.07) is 4.54. The van der Waals surface area contributed by atoms with Crippen LogP contribution in [0.1, 0.15) is 64.6 Å². The Kier molecular flexibility index (Phi) is 28.5. The lowest BCUT2D eigenvalue weighted by molar-refractivity contribution is -0.133. The Hall–Kier alpha value is -4.65. The maximum atomic E-state index is 14.1. The summed E-state index contributed by atoms with van der Waals surface area (Å²) < 4.78 is 7.43. The fourth-order valence-corrected chi connectivity index (χ4v) is 6.48. The number of benzene rings is 1. The van der Waals surface area contributed by atoms with Crippen molar-refractivity contribution in [3.8, 4) is 0 Å². The highest BCUT2D eigenvalue weighted by Gasteiger charge is 2.33. The molecular weight excluding hydrogens is 829 g/mol. The minimum atomic E-state index is -1.64. The van der Waals surface area contributed by atoms with Crippen molar-refractivity contribution in [1.29, 1.82) is 0 Å². The van der Waals surface area contributed by atoms with Gasteiger partial charge >= 0.3 is 0 Å². The van der Waals surface area contributed by atoms with E-state index < -0.39 is 72.6 Å². The summed E-state index contributed by atoms with van der Waals surface area (Å²) in [6.45, 7) is 11.8. The minimum Gasteiger partial charge on any atom is -0.379 e. The number of hydrogen-bond acceptors (Lipinski definition) is 16. The molecule has 6 atom stereocenters. The zero-order chi connectivity index (χ0) is 47.1. The van der Waals surface area contributed by atoms with Gasteiger partial charge in [0.15, 0.2) is 0 Å². The summed E-state index contributed by atoms with van der Waals surface area (Å²) in [7, 11) is 0. The van der Waals surface area contributed by atoms with Crippen LogP contribution in [0.15, 0.2) is 36.5 Å². The molecular formula is C42H76N14O8. The van der Waals surface area contributed by atoms with Crippen molar-refractivity contribution >= 4 is 29.5 Å². The van der Waals surface area contributed by atoms with Crippen molar-refractivity contribution in [3.05, 3.63) is 47.8 Å². The molecule has 1 heterocycles. The molecule has 1 aromatic heterocycles. The van der Waals surface area contributed by atoms with Crippen LogP contribution in [-0.2, 0) is 48.1 Å². The van der Waals surface area contributed by atoms with E-state index in [0.29, 0.717) is 59.0 Å². The van der Waals surface area contributed by atoms with Crippen molar-refractivity contribution in [3.63, 3.8) is 0 Å². The van der Waals surface area contributed by atoms with Crippen LogP contribution in [0.25, 0.3) is 0 Å². The summed E-state index contributed by atoms with van der Waals surface area (Å²) in [5.74, 6) is -2.98. The van der Waals surface area contributed by atoms with Gasteiger partial charge in [0.1, 0.15) is 24.5 Å². The topological polar surface area (TPSA) is 326 Å². The van der Waals surface area contributed by atoms with Crippen molar-refractivity contribution in [2.75, 3.05) is 72.1 Å². The molecule has 0 bridgehead atoms. The Labute approximate surface area is 377 Å². The number of nitrogens with one attached hydrogen (secondary N) is 9. The molecule has 0 aliphatic rings. The third-order valence-electron chi connectivity index (χ3n) is 9.63. The van der Waals surface area contributed by atoms with E-state index in [1.807, 2.05) is 50.4 Å². The maximum Gasteiger partial charge on any atom is 0.243 e. The van der Waals surface area contributed by atoms with Crippen LogP contribution in [0.2, 0.25) is 0 Å². The molecule has 0 fully saturated rings. The average Bonchev–Trinajstić information content (AvgIpc) is 3.70. The quantitative estimate of drug-likeness (QED) is 0.0231. The summed E-state index contributed by atoms with van der Waals surface area (Å²) in [5.41, 5.74) is 12.7. The first-order valence-corrected chi connectivity index (χ1v) is 22.4. The summed E-state index contributed by atoms with van der Waals surface area (Å²) in [5, 5.41) is 56.5. The maximum absolute atomic E-state index is 14.1. The van der Waals surface area contributed by atoms with Crippen LogP contribution in [0, 0.1) is 5.92 Å². The van der Waals surface area contributed by atoms with Gasteiger partial charge in [-0.25, -0.2) is 4.68 Å². The molecule has 22 nitrogen and oxygen atoms in total. The normalized spacial score (nSPS) is 14.2. The Balaban J connectivity index is 2.22. The zero-order valence-corrected chi connectivity index (χ0v) is 38.1. The first-order chi connectivity index (χ1) is 30.8. The third kappa shape index (κ3) is 24.4. The fourth-order valence-electron chi connectivity index (χ4n) is 6.48. The van der Waals surface area contributed by atoms with Gasteiger partial charge in [0.05, 0.1) is 44.0 Å². The number of nitrogens with two attached hydrogens (primary N) is 2. The molecule has 0 radical (unpaired) electrons. The molecule has 2 rings (SSSR count). The lowest BCUT2D eigenvalue weighted by Crippen LogP contribution is -2.61. The van der Waals surface area contributed by atoms with E-state index in [9.17, 15) is 34.2 Å². The summed E-state index contributed by atoms with van der Waals surface area (Å²) >= 11 is 0. The smallest absolute Gasteiger partial charge is 0.243 e. The van der Waals surface area contributed by atoms with Gasteiger partial charge in [-0.3, -0.25) is 34.6 Å². The molecule has 1 aromatic carbocycles. The van der Waals surface area contributed by atoms with Crippen LogP contribution >= 0.6 is 0 Å². The molecule has 64 heavy (non-hydrogen) atoms. The largest absolute Gasteiger partial charge is 0.379 e. The second kappa shape index (κ2) is 32.9. The fraction of sp³-hybridized carbons (Fsp3) is 0.690. The Morgan fingerprint density at radius 1 is 0.781 bits per heavy atom. The molecule has 3 unspecified atom stereocenters. The molecule has 362 valence electrons. The molecule has 22 heteroatoms. The number of rotatable bonds is 36. The van der Waals surface area contributed by atoms with Gasteiger partial charge in [-0.2, -0.15) is 0 Å². The highest BCUT2D eigenvalue weighted by molar-refractivity contribution is 5.92. The molecule has 15 N–H and O–H groups in total. The molecule has 2 aromatic rings. The number of aliphatic hydroxyl groups excluding tert-OH is 2. The number of aliphatic hydroxyl groups is 2. The number of nitrogens with zero attached hydrogens (tertiary/aromatic N) is 3. The van der Waals surface area contributed by atoms with Crippen LogP contribution in [-0.4, -0.2) is 163 Å². The number of carbonyl (C=O) groups is 5. The van der Waals surface area contributed by atoms with Gasteiger partial charge in [0.25, 0.3) is 0 Å². The highest BCUT2D eigenvalue weighted by Crippen LogP contribution is 2.11. The number of aryl methyl sites for hydroxylation is 1. The Morgan fingerprint density at radius 2 is 1.47 bits per heavy atom. The lowest BCUT2D eigenvalue weighted by Gasteiger charge is -2.32.